The standard InChI is InChI=1S/C26H28Cl2N2O3/c1-3-15-33-24-23(27)21-16-20(9-10-22(21)29-25(24)28)26(32,18-7-5-4-6-8-18)19-11-13-30(14-12-19)17(2)31/h4-10,16,19,32H,3,11-15H2,1-2H3. The number of aliphatic hydroxyl groups is 1. The Morgan fingerprint density at radius 2 is 1.85 bits per heavy atom. The van der Waals surface area contributed by atoms with E-state index in [2.05, 4.69) is 4.98 Å². The number of amides is 1. The van der Waals surface area contributed by atoms with E-state index in [1.165, 1.54) is 0 Å². The normalized spacial score (nSPS) is 16.6. The van der Waals surface area contributed by atoms with E-state index in [0.29, 0.717) is 54.2 Å². The Balaban J connectivity index is 1.82. The molecule has 1 aliphatic heterocycles. The molecule has 5 nitrogen and oxygen atoms in total. The zero-order chi connectivity index (χ0) is 23.6. The van der Waals surface area contributed by atoms with Crippen LogP contribution in [0.1, 0.15) is 44.2 Å². The SMILES string of the molecule is CCCOc1c(Cl)nc2ccc(C(O)(c3ccccc3)C3CCN(C(C)=O)CC3)cc2c1Cl. The Bertz CT molecular complexity index is 1150. The van der Waals surface area contributed by atoms with Gasteiger partial charge >= 0.3 is 0 Å². The van der Waals surface area contributed by atoms with Crippen LogP contribution in [0.3, 0.4) is 0 Å². The number of pyridine rings is 1. The number of ether oxygens (including phenoxy) is 1. The van der Waals surface area contributed by atoms with Gasteiger partial charge in [-0.15, -0.1) is 0 Å². The third-order valence-corrected chi connectivity index (χ3v) is 7.11. The van der Waals surface area contributed by atoms with Crippen molar-refractivity contribution in [2.24, 2.45) is 5.92 Å². The average Bonchev–Trinajstić information content (AvgIpc) is 2.84. The van der Waals surface area contributed by atoms with Crippen LogP contribution >= 0.6 is 23.2 Å². The number of hydrogen-bond donors (Lipinski definition) is 1. The molecule has 1 aromatic heterocycles. The highest BCUT2D eigenvalue weighted by Crippen LogP contribution is 2.44. The van der Waals surface area contributed by atoms with Crippen molar-refractivity contribution in [2.75, 3.05) is 19.7 Å². The predicted molar refractivity (Wildman–Crippen MR) is 132 cm³/mol. The molecular weight excluding hydrogens is 459 g/mol. The van der Waals surface area contributed by atoms with E-state index in [0.717, 1.165) is 17.5 Å². The second kappa shape index (κ2) is 9.88. The number of hydrogen-bond acceptors (Lipinski definition) is 4. The number of nitrogens with zero attached hydrogens (tertiary/aromatic N) is 2. The summed E-state index contributed by atoms with van der Waals surface area (Å²) in [6.07, 6.45) is 2.21. The zero-order valence-electron chi connectivity index (χ0n) is 18.9. The summed E-state index contributed by atoms with van der Waals surface area (Å²) in [6, 6.07) is 15.3. The maximum Gasteiger partial charge on any atom is 0.219 e. The molecule has 0 aliphatic carbocycles. The van der Waals surface area contributed by atoms with Gasteiger partial charge in [-0.1, -0.05) is 66.5 Å². The molecule has 4 rings (SSSR count). The first-order valence-electron chi connectivity index (χ1n) is 11.3. The molecule has 0 radical (unpaired) electrons. The Morgan fingerprint density at radius 3 is 2.48 bits per heavy atom. The monoisotopic (exact) mass is 486 g/mol. The van der Waals surface area contributed by atoms with Gasteiger partial charge in [-0.3, -0.25) is 4.79 Å². The van der Waals surface area contributed by atoms with Crippen molar-refractivity contribution < 1.29 is 14.6 Å². The topological polar surface area (TPSA) is 62.7 Å². The third kappa shape index (κ3) is 4.54. The van der Waals surface area contributed by atoms with Crippen molar-refractivity contribution >= 4 is 40.0 Å². The van der Waals surface area contributed by atoms with E-state index in [1.807, 2.05) is 60.4 Å². The minimum atomic E-state index is -1.24. The Hall–Kier alpha value is -2.34. The van der Waals surface area contributed by atoms with E-state index in [-0.39, 0.29) is 17.0 Å². The van der Waals surface area contributed by atoms with Crippen molar-refractivity contribution in [1.29, 1.82) is 0 Å². The molecule has 3 aromatic rings. The number of carbonyl (C=O) groups excluding carboxylic acids is 1. The fourth-order valence-corrected chi connectivity index (χ4v) is 5.27. The molecule has 0 bridgehead atoms. The van der Waals surface area contributed by atoms with Crippen LogP contribution < -0.4 is 4.74 Å². The van der Waals surface area contributed by atoms with Gasteiger partial charge in [0.2, 0.25) is 5.91 Å². The van der Waals surface area contributed by atoms with Gasteiger partial charge in [0, 0.05) is 25.4 Å². The maximum atomic E-state index is 12.3. The molecule has 1 amide bonds. The van der Waals surface area contributed by atoms with Gasteiger partial charge in [-0.25, -0.2) is 4.98 Å². The van der Waals surface area contributed by atoms with Gasteiger partial charge in [0.15, 0.2) is 10.9 Å². The van der Waals surface area contributed by atoms with E-state index in [9.17, 15) is 9.90 Å². The maximum absolute atomic E-state index is 12.3. The molecule has 1 atom stereocenters. The van der Waals surface area contributed by atoms with Crippen molar-refractivity contribution in [3.05, 3.63) is 69.8 Å². The molecule has 1 unspecified atom stereocenters. The second-order valence-corrected chi connectivity index (χ2v) is 9.27. The van der Waals surface area contributed by atoms with Gasteiger partial charge in [-0.2, -0.15) is 0 Å². The van der Waals surface area contributed by atoms with Gasteiger partial charge < -0.3 is 14.7 Å². The van der Waals surface area contributed by atoms with Crippen LogP contribution in [-0.2, 0) is 10.4 Å². The Kier molecular flexibility index (Phi) is 7.13. The number of halogens is 2. The lowest BCUT2D eigenvalue weighted by Gasteiger charge is -2.42. The van der Waals surface area contributed by atoms with E-state index < -0.39 is 5.60 Å². The first-order chi connectivity index (χ1) is 15.9. The number of benzene rings is 2. The lowest BCUT2D eigenvalue weighted by Crippen LogP contribution is -2.45. The first-order valence-corrected chi connectivity index (χ1v) is 12.1. The molecule has 7 heteroatoms. The van der Waals surface area contributed by atoms with Crippen LogP contribution in [-0.4, -0.2) is 40.6 Å². The van der Waals surface area contributed by atoms with Gasteiger partial charge in [-0.05, 0) is 48.4 Å². The number of piperidine rings is 1. The van der Waals surface area contributed by atoms with Crippen molar-refractivity contribution in [3.63, 3.8) is 0 Å². The van der Waals surface area contributed by atoms with Crippen LogP contribution in [0.4, 0.5) is 0 Å². The van der Waals surface area contributed by atoms with Crippen molar-refractivity contribution in [2.45, 2.75) is 38.7 Å². The quantitative estimate of drug-likeness (QED) is 0.445. The van der Waals surface area contributed by atoms with Crippen molar-refractivity contribution in [1.82, 2.24) is 9.88 Å². The van der Waals surface area contributed by atoms with Gasteiger partial charge in [0.1, 0.15) is 5.60 Å². The summed E-state index contributed by atoms with van der Waals surface area (Å²) >= 11 is 13.0. The molecule has 1 N–H and O–H groups in total. The molecule has 33 heavy (non-hydrogen) atoms. The third-order valence-electron chi connectivity index (χ3n) is 6.47. The molecule has 1 fully saturated rings. The minimum absolute atomic E-state index is 0.0664. The van der Waals surface area contributed by atoms with Crippen LogP contribution in [0.2, 0.25) is 10.2 Å². The van der Waals surface area contributed by atoms with Gasteiger partial charge in [0.25, 0.3) is 0 Å². The molecule has 2 aromatic carbocycles. The number of carbonyl (C=O) groups is 1. The highest BCUT2D eigenvalue weighted by molar-refractivity contribution is 6.40. The first kappa shape index (κ1) is 23.8. The summed E-state index contributed by atoms with van der Waals surface area (Å²) in [4.78, 5) is 18.1. The summed E-state index contributed by atoms with van der Waals surface area (Å²) in [5.41, 5.74) is 0.937. The lowest BCUT2D eigenvalue weighted by molar-refractivity contribution is -0.131. The van der Waals surface area contributed by atoms with Crippen LogP contribution in [0.15, 0.2) is 48.5 Å². The van der Waals surface area contributed by atoms with E-state index in [4.69, 9.17) is 27.9 Å². The molecule has 0 spiro atoms. The summed E-state index contributed by atoms with van der Waals surface area (Å²) in [5.74, 6) is 0.363. The van der Waals surface area contributed by atoms with Crippen LogP contribution in [0.5, 0.6) is 5.75 Å². The number of rotatable bonds is 6. The molecule has 1 aliphatic rings. The molecular formula is C26H28Cl2N2O3. The number of aromatic nitrogens is 1. The van der Waals surface area contributed by atoms with Crippen LogP contribution in [0, 0.1) is 5.92 Å². The molecule has 174 valence electrons. The average molecular weight is 487 g/mol. The number of fused-ring (bicyclic) bond motifs is 1. The second-order valence-electron chi connectivity index (χ2n) is 8.54. The largest absolute Gasteiger partial charge is 0.489 e. The van der Waals surface area contributed by atoms with Crippen molar-refractivity contribution in [3.8, 4) is 5.75 Å². The van der Waals surface area contributed by atoms with Gasteiger partial charge in [0.05, 0.1) is 17.1 Å². The zero-order valence-corrected chi connectivity index (χ0v) is 20.4. The summed E-state index contributed by atoms with van der Waals surface area (Å²) in [5, 5.41) is 13.6. The minimum Gasteiger partial charge on any atom is -0.489 e. The van der Waals surface area contributed by atoms with E-state index >= 15 is 0 Å². The molecule has 1 saturated heterocycles. The Labute approximate surface area is 204 Å². The predicted octanol–water partition coefficient (Wildman–Crippen LogP) is 5.82. The number of likely N-dealkylation sites (tertiary alicyclic amines) is 1. The Morgan fingerprint density at radius 1 is 1.15 bits per heavy atom. The summed E-state index contributed by atoms with van der Waals surface area (Å²) in [7, 11) is 0. The van der Waals surface area contributed by atoms with E-state index in [1.54, 1.807) is 6.92 Å². The van der Waals surface area contributed by atoms with Crippen LogP contribution in [0.25, 0.3) is 10.9 Å². The highest BCUT2D eigenvalue weighted by Gasteiger charge is 2.42. The molecule has 2 heterocycles. The molecule has 0 saturated carbocycles. The smallest absolute Gasteiger partial charge is 0.219 e. The summed E-state index contributed by atoms with van der Waals surface area (Å²) < 4.78 is 5.76. The summed E-state index contributed by atoms with van der Waals surface area (Å²) in [6.45, 7) is 5.32. The fraction of sp³-hybridized carbons (Fsp3) is 0.385. The lowest BCUT2D eigenvalue weighted by atomic mass is 9.72. The highest BCUT2D eigenvalue weighted by atomic mass is 35.5. The fourth-order valence-electron chi connectivity index (χ4n) is 4.69.